The minimum atomic E-state index is -0.123. The molecule has 0 spiro atoms. The highest BCUT2D eigenvalue weighted by Crippen LogP contribution is 2.30. The molecule has 0 aliphatic carbocycles. The predicted molar refractivity (Wildman–Crippen MR) is 60.7 cm³/mol. The van der Waals surface area contributed by atoms with E-state index in [1.165, 1.54) is 0 Å². The van der Waals surface area contributed by atoms with Crippen molar-refractivity contribution in [1.82, 2.24) is 14.7 Å². The van der Waals surface area contributed by atoms with Gasteiger partial charge < -0.3 is 10.6 Å². The molecule has 0 saturated carbocycles. The van der Waals surface area contributed by atoms with Gasteiger partial charge in [-0.05, 0) is 13.8 Å². The number of nitrogens with two attached hydrogens (primary N) is 1. The quantitative estimate of drug-likeness (QED) is 0.801. The van der Waals surface area contributed by atoms with Crippen molar-refractivity contribution < 1.29 is 4.79 Å². The Labute approximate surface area is 95.2 Å². The molecule has 2 N–H and O–H groups in total. The summed E-state index contributed by atoms with van der Waals surface area (Å²) in [6.45, 7) is 4.14. The molecule has 5 heteroatoms. The number of amides is 1. The smallest absolute Gasteiger partial charge is 0.224 e. The van der Waals surface area contributed by atoms with Crippen LogP contribution in [0.25, 0.3) is 0 Å². The largest absolute Gasteiger partial charge is 0.337 e. The number of hydrogen-bond acceptors (Lipinski definition) is 3. The molecular formula is C11H18N4O. The van der Waals surface area contributed by atoms with E-state index in [9.17, 15) is 4.79 Å². The lowest BCUT2D eigenvalue weighted by atomic mass is 10.0. The summed E-state index contributed by atoms with van der Waals surface area (Å²) in [5.74, 6) is 0.106. The van der Waals surface area contributed by atoms with Crippen LogP contribution in [0, 0.1) is 0 Å². The third-order valence-corrected chi connectivity index (χ3v) is 3.12. The Hall–Kier alpha value is -1.36. The van der Waals surface area contributed by atoms with Crippen LogP contribution in [-0.4, -0.2) is 33.7 Å². The summed E-state index contributed by atoms with van der Waals surface area (Å²) in [7, 11) is 1.80. The molecule has 1 aromatic heterocycles. The maximum atomic E-state index is 11.5. The standard InChI is InChI=1S/C11H18N4O/c1-7(2)15-6-8(5-13-15)11-9(12)4-10(16)14(11)3/h5-7,9,11H,4,12H2,1-3H3/t9-,11+/m1/s1. The minimum Gasteiger partial charge on any atom is -0.337 e. The van der Waals surface area contributed by atoms with Crippen LogP contribution >= 0.6 is 0 Å². The fourth-order valence-corrected chi connectivity index (χ4v) is 2.16. The van der Waals surface area contributed by atoms with Gasteiger partial charge in [0.2, 0.25) is 5.91 Å². The highest BCUT2D eigenvalue weighted by Gasteiger charge is 2.36. The number of aromatic nitrogens is 2. The van der Waals surface area contributed by atoms with Crippen LogP contribution in [0.5, 0.6) is 0 Å². The Morgan fingerprint density at radius 3 is 2.69 bits per heavy atom. The van der Waals surface area contributed by atoms with E-state index in [1.54, 1.807) is 18.1 Å². The number of carbonyl (C=O) groups excluding carboxylic acids is 1. The molecule has 1 fully saturated rings. The topological polar surface area (TPSA) is 64.2 Å². The fraction of sp³-hybridized carbons (Fsp3) is 0.636. The number of rotatable bonds is 2. The average molecular weight is 222 g/mol. The molecule has 1 aliphatic rings. The minimum absolute atomic E-state index is 0.0278. The van der Waals surface area contributed by atoms with E-state index >= 15 is 0 Å². The molecule has 0 unspecified atom stereocenters. The maximum Gasteiger partial charge on any atom is 0.224 e. The van der Waals surface area contributed by atoms with E-state index in [0.717, 1.165) is 5.56 Å². The zero-order chi connectivity index (χ0) is 11.9. The lowest BCUT2D eigenvalue weighted by Crippen LogP contribution is -2.30. The molecule has 2 heterocycles. The lowest BCUT2D eigenvalue weighted by Gasteiger charge is -2.21. The second kappa shape index (κ2) is 3.90. The molecule has 16 heavy (non-hydrogen) atoms. The summed E-state index contributed by atoms with van der Waals surface area (Å²) < 4.78 is 1.89. The zero-order valence-electron chi connectivity index (χ0n) is 9.92. The molecule has 0 bridgehead atoms. The number of nitrogens with zero attached hydrogens (tertiary/aromatic N) is 3. The molecule has 1 aromatic rings. The second-order valence-corrected chi connectivity index (χ2v) is 4.66. The van der Waals surface area contributed by atoms with Gasteiger partial charge in [-0.3, -0.25) is 9.48 Å². The molecule has 1 aliphatic heterocycles. The molecule has 0 aromatic carbocycles. The van der Waals surface area contributed by atoms with Crippen LogP contribution in [0.3, 0.4) is 0 Å². The molecule has 1 amide bonds. The van der Waals surface area contributed by atoms with Crippen molar-refractivity contribution in [2.75, 3.05) is 7.05 Å². The van der Waals surface area contributed by atoms with Crippen molar-refractivity contribution in [2.24, 2.45) is 5.73 Å². The molecule has 0 radical (unpaired) electrons. The van der Waals surface area contributed by atoms with Gasteiger partial charge in [0.05, 0.1) is 12.2 Å². The van der Waals surface area contributed by atoms with Crippen molar-refractivity contribution in [3.05, 3.63) is 18.0 Å². The van der Waals surface area contributed by atoms with Crippen LogP contribution in [0.15, 0.2) is 12.4 Å². The fourth-order valence-electron chi connectivity index (χ4n) is 2.16. The molecular weight excluding hydrogens is 204 g/mol. The Balaban J connectivity index is 2.26. The van der Waals surface area contributed by atoms with E-state index in [2.05, 4.69) is 18.9 Å². The SMILES string of the molecule is CC(C)n1cc([C@H]2[C@H](N)CC(=O)N2C)cn1. The first-order chi connectivity index (χ1) is 7.50. The highest BCUT2D eigenvalue weighted by molar-refractivity contribution is 5.80. The third kappa shape index (κ3) is 1.71. The van der Waals surface area contributed by atoms with Crippen molar-refractivity contribution in [2.45, 2.75) is 38.4 Å². The van der Waals surface area contributed by atoms with E-state index < -0.39 is 0 Å². The van der Waals surface area contributed by atoms with E-state index in [1.807, 2.05) is 10.9 Å². The number of likely N-dealkylation sites (tertiary alicyclic amines) is 1. The van der Waals surface area contributed by atoms with Gasteiger partial charge in [0.25, 0.3) is 0 Å². The van der Waals surface area contributed by atoms with E-state index in [4.69, 9.17) is 5.73 Å². The molecule has 2 atom stereocenters. The first-order valence-corrected chi connectivity index (χ1v) is 5.56. The third-order valence-electron chi connectivity index (χ3n) is 3.12. The summed E-state index contributed by atoms with van der Waals surface area (Å²) >= 11 is 0. The second-order valence-electron chi connectivity index (χ2n) is 4.66. The van der Waals surface area contributed by atoms with Crippen molar-refractivity contribution in [1.29, 1.82) is 0 Å². The summed E-state index contributed by atoms with van der Waals surface area (Å²) in [4.78, 5) is 13.2. The highest BCUT2D eigenvalue weighted by atomic mass is 16.2. The monoisotopic (exact) mass is 222 g/mol. The summed E-state index contributed by atoms with van der Waals surface area (Å²) in [6, 6.07) is 0.176. The first kappa shape index (κ1) is 11.1. The van der Waals surface area contributed by atoms with Gasteiger partial charge in [0, 0.05) is 37.3 Å². The summed E-state index contributed by atoms with van der Waals surface area (Å²) in [5, 5.41) is 4.28. The van der Waals surface area contributed by atoms with Gasteiger partial charge in [-0.15, -0.1) is 0 Å². The normalized spacial score (nSPS) is 25.8. The van der Waals surface area contributed by atoms with Crippen LogP contribution in [-0.2, 0) is 4.79 Å². The van der Waals surface area contributed by atoms with E-state index in [0.29, 0.717) is 12.5 Å². The summed E-state index contributed by atoms with van der Waals surface area (Å²) in [5.41, 5.74) is 7.00. The Kier molecular flexibility index (Phi) is 2.71. The Bertz CT molecular complexity index is 398. The van der Waals surface area contributed by atoms with Gasteiger partial charge in [0.1, 0.15) is 0 Å². The summed E-state index contributed by atoms with van der Waals surface area (Å²) in [6.07, 6.45) is 4.21. The van der Waals surface area contributed by atoms with Crippen LogP contribution in [0.2, 0.25) is 0 Å². The van der Waals surface area contributed by atoms with Gasteiger partial charge in [-0.2, -0.15) is 5.10 Å². The van der Waals surface area contributed by atoms with Crippen LogP contribution < -0.4 is 5.73 Å². The lowest BCUT2D eigenvalue weighted by molar-refractivity contribution is -0.127. The van der Waals surface area contributed by atoms with Crippen molar-refractivity contribution >= 4 is 5.91 Å². The predicted octanol–water partition coefficient (Wildman–Crippen LogP) is 0.695. The molecule has 88 valence electrons. The average Bonchev–Trinajstić information content (AvgIpc) is 2.74. The Morgan fingerprint density at radius 2 is 2.25 bits per heavy atom. The Morgan fingerprint density at radius 1 is 1.56 bits per heavy atom. The van der Waals surface area contributed by atoms with Crippen molar-refractivity contribution in [3.63, 3.8) is 0 Å². The maximum absolute atomic E-state index is 11.5. The number of carbonyl (C=O) groups is 1. The first-order valence-electron chi connectivity index (χ1n) is 5.56. The van der Waals surface area contributed by atoms with Crippen LogP contribution in [0.4, 0.5) is 0 Å². The van der Waals surface area contributed by atoms with Crippen molar-refractivity contribution in [3.8, 4) is 0 Å². The van der Waals surface area contributed by atoms with Crippen LogP contribution in [0.1, 0.15) is 37.9 Å². The zero-order valence-corrected chi connectivity index (χ0v) is 9.92. The molecule has 5 nitrogen and oxygen atoms in total. The molecule has 1 saturated heterocycles. The molecule has 2 rings (SSSR count). The van der Waals surface area contributed by atoms with Gasteiger partial charge >= 0.3 is 0 Å². The van der Waals surface area contributed by atoms with Gasteiger partial charge in [-0.25, -0.2) is 0 Å². The number of hydrogen-bond donors (Lipinski definition) is 1. The number of likely N-dealkylation sites (N-methyl/N-ethyl adjacent to an activating group) is 1. The van der Waals surface area contributed by atoms with Gasteiger partial charge in [0.15, 0.2) is 0 Å². The van der Waals surface area contributed by atoms with E-state index in [-0.39, 0.29) is 18.0 Å². The van der Waals surface area contributed by atoms with Gasteiger partial charge in [-0.1, -0.05) is 0 Å².